The van der Waals surface area contributed by atoms with Crippen LogP contribution in [0.25, 0.3) is 0 Å². The molecule has 0 bridgehead atoms. The predicted molar refractivity (Wildman–Crippen MR) is 37.2 cm³/mol. The molecule has 0 saturated heterocycles. The minimum Gasteiger partial charge on any atom is -0.390 e. The van der Waals surface area contributed by atoms with Gasteiger partial charge in [0, 0.05) is 12.1 Å². The highest BCUT2D eigenvalue weighted by atomic mass is 16.3. The quantitative estimate of drug-likeness (QED) is 0.323. The maximum absolute atomic E-state index is 9.08. The molecule has 1 aliphatic rings. The van der Waals surface area contributed by atoms with Crippen molar-refractivity contribution < 1.29 is 10.2 Å². The zero-order chi connectivity index (χ0) is 7.72. The Balaban J connectivity index is 2.46. The summed E-state index contributed by atoms with van der Waals surface area (Å²) in [6, 6.07) is -0.336. The first-order chi connectivity index (χ1) is 4.61. The fourth-order valence-electron chi connectivity index (χ4n) is 1.22. The van der Waals surface area contributed by atoms with Crippen LogP contribution in [0, 0.1) is 0 Å². The molecule has 1 rings (SSSR count). The minimum atomic E-state index is -0.685. The Bertz CT molecular complexity index is 94.3. The van der Waals surface area contributed by atoms with Gasteiger partial charge in [0.1, 0.15) is 0 Å². The standard InChI is InChI=1S/C6H14N2O2/c7-3-1-5(9)6(10)2-4(3)8/h3-6,9-10H,1-2,7-8H2/t3-,4-,5+,6+/m0/s1. The Morgan fingerprint density at radius 3 is 1.50 bits per heavy atom. The fraction of sp³-hybridized carbons (Fsp3) is 1.00. The lowest BCUT2D eigenvalue weighted by Gasteiger charge is -2.32. The lowest BCUT2D eigenvalue weighted by Crippen LogP contribution is -2.52. The number of hydrogen-bond acceptors (Lipinski definition) is 4. The summed E-state index contributed by atoms with van der Waals surface area (Å²) in [6.07, 6.45) is -0.561. The van der Waals surface area contributed by atoms with Crippen molar-refractivity contribution in [2.45, 2.75) is 37.1 Å². The molecule has 0 aromatic heterocycles. The monoisotopic (exact) mass is 146 g/mol. The van der Waals surface area contributed by atoms with Crippen LogP contribution < -0.4 is 11.5 Å². The summed E-state index contributed by atoms with van der Waals surface area (Å²) in [5.41, 5.74) is 11.1. The van der Waals surface area contributed by atoms with Crippen molar-refractivity contribution in [3.8, 4) is 0 Å². The van der Waals surface area contributed by atoms with Crippen molar-refractivity contribution in [2.75, 3.05) is 0 Å². The van der Waals surface area contributed by atoms with E-state index < -0.39 is 12.2 Å². The molecule has 4 heteroatoms. The van der Waals surface area contributed by atoms with Gasteiger partial charge in [0.25, 0.3) is 0 Å². The number of rotatable bonds is 0. The van der Waals surface area contributed by atoms with Gasteiger partial charge in [-0.05, 0) is 12.8 Å². The lowest BCUT2D eigenvalue weighted by molar-refractivity contribution is -0.0198. The first-order valence-corrected chi connectivity index (χ1v) is 3.48. The van der Waals surface area contributed by atoms with E-state index >= 15 is 0 Å². The summed E-state index contributed by atoms with van der Waals surface area (Å²) >= 11 is 0. The van der Waals surface area contributed by atoms with Crippen LogP contribution in [0.3, 0.4) is 0 Å². The summed E-state index contributed by atoms with van der Waals surface area (Å²) in [6.45, 7) is 0. The van der Waals surface area contributed by atoms with E-state index in [2.05, 4.69) is 0 Å². The van der Waals surface area contributed by atoms with E-state index in [0.717, 1.165) is 0 Å². The molecule has 6 N–H and O–H groups in total. The highest BCUT2D eigenvalue weighted by Gasteiger charge is 2.30. The Morgan fingerprint density at radius 2 is 1.20 bits per heavy atom. The van der Waals surface area contributed by atoms with Crippen LogP contribution in [-0.2, 0) is 0 Å². The molecule has 60 valence electrons. The van der Waals surface area contributed by atoms with Gasteiger partial charge in [0.15, 0.2) is 0 Å². The van der Waals surface area contributed by atoms with Gasteiger partial charge in [0.2, 0.25) is 0 Å². The van der Waals surface area contributed by atoms with Crippen molar-refractivity contribution in [1.82, 2.24) is 0 Å². The second-order valence-electron chi connectivity index (χ2n) is 2.93. The Hall–Kier alpha value is -0.160. The summed E-state index contributed by atoms with van der Waals surface area (Å²) < 4.78 is 0. The molecule has 0 aliphatic heterocycles. The van der Waals surface area contributed by atoms with Gasteiger partial charge in [-0.2, -0.15) is 0 Å². The topological polar surface area (TPSA) is 92.5 Å². The van der Waals surface area contributed by atoms with Crippen LogP contribution in [0.5, 0.6) is 0 Å². The zero-order valence-corrected chi connectivity index (χ0v) is 5.77. The Kier molecular flexibility index (Phi) is 2.25. The van der Waals surface area contributed by atoms with Crippen molar-refractivity contribution in [2.24, 2.45) is 11.5 Å². The van der Waals surface area contributed by atoms with Crippen molar-refractivity contribution >= 4 is 0 Å². The highest BCUT2D eigenvalue weighted by Crippen LogP contribution is 2.16. The van der Waals surface area contributed by atoms with E-state index in [0.29, 0.717) is 12.8 Å². The predicted octanol–water partition coefficient (Wildman–Crippen LogP) is -1.84. The maximum atomic E-state index is 9.08. The molecule has 0 aromatic rings. The Morgan fingerprint density at radius 1 is 0.900 bits per heavy atom. The van der Waals surface area contributed by atoms with Crippen LogP contribution in [0.4, 0.5) is 0 Å². The molecule has 0 amide bonds. The number of hydrogen-bond donors (Lipinski definition) is 4. The number of nitrogens with two attached hydrogens (primary N) is 2. The van der Waals surface area contributed by atoms with Crippen molar-refractivity contribution in [3.63, 3.8) is 0 Å². The summed E-state index contributed by atoms with van der Waals surface area (Å²) in [5, 5.41) is 18.2. The molecule has 1 aliphatic carbocycles. The third-order valence-electron chi connectivity index (χ3n) is 2.02. The normalized spacial score (nSPS) is 49.2. The molecule has 4 nitrogen and oxygen atoms in total. The molecule has 0 radical (unpaired) electrons. The molecule has 1 fully saturated rings. The molecule has 0 aromatic carbocycles. The van der Waals surface area contributed by atoms with E-state index in [-0.39, 0.29) is 12.1 Å². The second-order valence-corrected chi connectivity index (χ2v) is 2.93. The third kappa shape index (κ3) is 1.46. The van der Waals surface area contributed by atoms with Gasteiger partial charge in [-0.15, -0.1) is 0 Å². The average molecular weight is 146 g/mol. The minimum absolute atomic E-state index is 0.168. The lowest BCUT2D eigenvalue weighted by atomic mass is 9.87. The van der Waals surface area contributed by atoms with E-state index in [1.165, 1.54) is 0 Å². The molecular formula is C6H14N2O2. The second kappa shape index (κ2) is 2.84. The first-order valence-electron chi connectivity index (χ1n) is 3.48. The van der Waals surface area contributed by atoms with Gasteiger partial charge < -0.3 is 21.7 Å². The smallest absolute Gasteiger partial charge is 0.0815 e. The molecule has 0 spiro atoms. The SMILES string of the molecule is N[C@H]1C[C@@H](O)[C@H](O)C[C@@H]1N. The summed E-state index contributed by atoms with van der Waals surface area (Å²) in [4.78, 5) is 0. The summed E-state index contributed by atoms with van der Waals surface area (Å²) in [7, 11) is 0. The molecule has 4 atom stereocenters. The average Bonchev–Trinajstić information content (AvgIpc) is 1.84. The van der Waals surface area contributed by atoms with Crippen molar-refractivity contribution in [1.29, 1.82) is 0 Å². The van der Waals surface area contributed by atoms with E-state index in [1.54, 1.807) is 0 Å². The molecule has 10 heavy (non-hydrogen) atoms. The molecular weight excluding hydrogens is 132 g/mol. The van der Waals surface area contributed by atoms with Crippen LogP contribution in [-0.4, -0.2) is 34.5 Å². The zero-order valence-electron chi connectivity index (χ0n) is 5.77. The molecule has 1 saturated carbocycles. The number of aliphatic hydroxyl groups is 2. The van der Waals surface area contributed by atoms with Gasteiger partial charge in [-0.25, -0.2) is 0 Å². The molecule has 0 unspecified atom stereocenters. The van der Waals surface area contributed by atoms with Gasteiger partial charge in [0.05, 0.1) is 12.2 Å². The van der Waals surface area contributed by atoms with Crippen LogP contribution in [0.2, 0.25) is 0 Å². The largest absolute Gasteiger partial charge is 0.390 e. The van der Waals surface area contributed by atoms with Crippen LogP contribution in [0.15, 0.2) is 0 Å². The molecule has 0 heterocycles. The van der Waals surface area contributed by atoms with Gasteiger partial charge >= 0.3 is 0 Å². The highest BCUT2D eigenvalue weighted by molar-refractivity contribution is 4.89. The summed E-state index contributed by atoms with van der Waals surface area (Å²) in [5.74, 6) is 0. The first kappa shape index (κ1) is 7.94. The van der Waals surface area contributed by atoms with Gasteiger partial charge in [-0.1, -0.05) is 0 Å². The van der Waals surface area contributed by atoms with Crippen molar-refractivity contribution in [3.05, 3.63) is 0 Å². The van der Waals surface area contributed by atoms with E-state index in [9.17, 15) is 0 Å². The van der Waals surface area contributed by atoms with E-state index in [1.807, 2.05) is 0 Å². The Labute approximate surface area is 59.8 Å². The fourth-order valence-corrected chi connectivity index (χ4v) is 1.22. The van der Waals surface area contributed by atoms with Gasteiger partial charge in [-0.3, -0.25) is 0 Å². The van der Waals surface area contributed by atoms with Crippen LogP contribution >= 0.6 is 0 Å². The van der Waals surface area contributed by atoms with E-state index in [4.69, 9.17) is 21.7 Å². The number of aliphatic hydroxyl groups excluding tert-OH is 2. The third-order valence-corrected chi connectivity index (χ3v) is 2.02. The maximum Gasteiger partial charge on any atom is 0.0815 e. The van der Waals surface area contributed by atoms with Crippen LogP contribution in [0.1, 0.15) is 12.8 Å².